The van der Waals surface area contributed by atoms with Crippen molar-refractivity contribution >= 4 is 18.3 Å². The van der Waals surface area contributed by atoms with Gasteiger partial charge in [-0.3, -0.25) is 4.79 Å². The molecule has 1 spiro atoms. The second kappa shape index (κ2) is 7.54. The lowest BCUT2D eigenvalue weighted by molar-refractivity contribution is -0.124. The Bertz CT molecular complexity index is 526. The second-order valence-electron chi connectivity index (χ2n) is 6.61. The van der Waals surface area contributed by atoms with E-state index in [1.807, 2.05) is 24.3 Å². The van der Waals surface area contributed by atoms with Gasteiger partial charge in [-0.2, -0.15) is 0 Å². The topological polar surface area (TPSA) is 50.4 Å². The molecule has 128 valence electrons. The van der Waals surface area contributed by atoms with E-state index < -0.39 is 0 Å². The summed E-state index contributed by atoms with van der Waals surface area (Å²) >= 11 is 0. The van der Waals surface area contributed by atoms with Crippen LogP contribution in [0.25, 0.3) is 0 Å². The molecule has 2 N–H and O–H groups in total. The number of hydrogen-bond donors (Lipinski definition) is 2. The molecule has 5 heteroatoms. The van der Waals surface area contributed by atoms with Gasteiger partial charge in [0.1, 0.15) is 5.75 Å². The largest absolute Gasteiger partial charge is 0.497 e. The first-order chi connectivity index (χ1) is 10.7. The monoisotopic (exact) mass is 338 g/mol. The minimum absolute atomic E-state index is 0. The normalized spacial score (nSPS) is 22.8. The highest BCUT2D eigenvalue weighted by molar-refractivity contribution is 5.85. The fraction of sp³-hybridized carbons (Fsp3) is 0.611. The maximum Gasteiger partial charge on any atom is 0.224 e. The molecule has 1 amide bonds. The number of rotatable bonds is 5. The van der Waals surface area contributed by atoms with Crippen LogP contribution >= 0.6 is 12.4 Å². The van der Waals surface area contributed by atoms with Crippen LogP contribution in [0.4, 0.5) is 0 Å². The zero-order chi connectivity index (χ0) is 15.6. The third-order valence-electron chi connectivity index (χ3n) is 5.35. The summed E-state index contributed by atoms with van der Waals surface area (Å²) in [4.78, 5) is 12.6. The van der Waals surface area contributed by atoms with Gasteiger partial charge in [0.15, 0.2) is 0 Å². The number of halogens is 1. The minimum atomic E-state index is 0. The van der Waals surface area contributed by atoms with Crippen molar-refractivity contribution in [2.75, 3.05) is 20.2 Å². The Morgan fingerprint density at radius 3 is 2.57 bits per heavy atom. The molecule has 1 saturated carbocycles. The van der Waals surface area contributed by atoms with Gasteiger partial charge in [-0.05, 0) is 61.9 Å². The van der Waals surface area contributed by atoms with Gasteiger partial charge in [-0.1, -0.05) is 19.1 Å². The molecule has 0 radical (unpaired) electrons. The third-order valence-corrected chi connectivity index (χ3v) is 5.35. The van der Waals surface area contributed by atoms with Crippen molar-refractivity contribution in [3.63, 3.8) is 0 Å². The number of carbonyl (C=O) groups excluding carboxylic acids is 1. The fourth-order valence-corrected chi connectivity index (χ4v) is 3.73. The Kier molecular flexibility index (Phi) is 5.93. The first-order valence-corrected chi connectivity index (χ1v) is 8.33. The third kappa shape index (κ3) is 3.81. The molecule has 1 aromatic rings. The van der Waals surface area contributed by atoms with E-state index in [1.54, 1.807) is 7.11 Å². The van der Waals surface area contributed by atoms with E-state index >= 15 is 0 Å². The lowest BCUT2D eigenvalue weighted by Crippen LogP contribution is -2.35. The van der Waals surface area contributed by atoms with Crippen molar-refractivity contribution in [2.24, 2.45) is 11.3 Å². The quantitative estimate of drug-likeness (QED) is 0.867. The van der Waals surface area contributed by atoms with E-state index in [1.165, 1.54) is 0 Å². The summed E-state index contributed by atoms with van der Waals surface area (Å²) in [6, 6.07) is 8.09. The van der Waals surface area contributed by atoms with Gasteiger partial charge in [-0.15, -0.1) is 12.4 Å². The summed E-state index contributed by atoms with van der Waals surface area (Å²) in [6.45, 7) is 4.22. The second-order valence-corrected chi connectivity index (χ2v) is 6.61. The zero-order valence-corrected chi connectivity index (χ0v) is 14.7. The van der Waals surface area contributed by atoms with Crippen LogP contribution in [0, 0.1) is 11.3 Å². The number of methoxy groups -OCH3 is 1. The molecular formula is C18H27ClN2O2. The summed E-state index contributed by atoms with van der Waals surface area (Å²) < 4.78 is 5.19. The van der Waals surface area contributed by atoms with Gasteiger partial charge in [0.25, 0.3) is 0 Å². The van der Waals surface area contributed by atoms with Crippen LogP contribution in [0.3, 0.4) is 0 Å². The molecule has 1 aliphatic carbocycles. The van der Waals surface area contributed by atoms with Gasteiger partial charge >= 0.3 is 0 Å². The van der Waals surface area contributed by atoms with Crippen molar-refractivity contribution in [1.29, 1.82) is 0 Å². The molecule has 2 aliphatic rings. The standard InChI is InChI=1S/C18H26N2O2.ClH/c1-3-16(13-4-6-14(22-2)7-5-13)20-17(21)15-12-18(15)8-10-19-11-9-18;/h4-7,15-16,19H,3,8-12H2,1-2H3,(H,20,21);1H. The van der Waals surface area contributed by atoms with E-state index in [-0.39, 0.29) is 30.3 Å². The molecule has 1 aliphatic heterocycles. The van der Waals surface area contributed by atoms with Gasteiger partial charge in [-0.25, -0.2) is 0 Å². The molecule has 0 bridgehead atoms. The average Bonchev–Trinajstić information content (AvgIpc) is 3.26. The average molecular weight is 339 g/mol. The van der Waals surface area contributed by atoms with Crippen molar-refractivity contribution in [3.05, 3.63) is 29.8 Å². The summed E-state index contributed by atoms with van der Waals surface area (Å²) in [6.07, 6.45) is 4.26. The summed E-state index contributed by atoms with van der Waals surface area (Å²) in [5.74, 6) is 1.31. The number of nitrogens with one attached hydrogen (secondary N) is 2. The Morgan fingerprint density at radius 1 is 1.35 bits per heavy atom. The van der Waals surface area contributed by atoms with E-state index in [0.29, 0.717) is 5.41 Å². The van der Waals surface area contributed by atoms with Crippen molar-refractivity contribution in [3.8, 4) is 5.75 Å². The number of ether oxygens (including phenoxy) is 1. The number of piperidine rings is 1. The summed E-state index contributed by atoms with van der Waals surface area (Å²) in [7, 11) is 1.67. The number of hydrogen-bond acceptors (Lipinski definition) is 3. The van der Waals surface area contributed by atoms with E-state index in [0.717, 1.165) is 50.1 Å². The lowest BCUT2D eigenvalue weighted by Gasteiger charge is -2.24. The number of amides is 1. The molecule has 1 saturated heterocycles. The maximum absolute atomic E-state index is 12.6. The summed E-state index contributed by atoms with van der Waals surface area (Å²) in [5, 5.41) is 6.64. The molecule has 1 aromatic carbocycles. The molecule has 1 heterocycles. The highest BCUT2D eigenvalue weighted by atomic mass is 35.5. The first kappa shape index (κ1) is 18.1. The van der Waals surface area contributed by atoms with Crippen molar-refractivity contribution < 1.29 is 9.53 Å². The first-order valence-electron chi connectivity index (χ1n) is 8.33. The molecule has 2 fully saturated rings. The minimum Gasteiger partial charge on any atom is -0.497 e. The molecule has 3 rings (SSSR count). The Hall–Kier alpha value is -1.26. The molecule has 0 aromatic heterocycles. The Labute approximate surface area is 144 Å². The maximum atomic E-state index is 12.6. The van der Waals surface area contributed by atoms with Crippen LogP contribution < -0.4 is 15.4 Å². The molecular weight excluding hydrogens is 312 g/mol. The Morgan fingerprint density at radius 2 is 2.00 bits per heavy atom. The molecule has 23 heavy (non-hydrogen) atoms. The SMILES string of the molecule is CCC(NC(=O)C1CC12CCNCC2)c1ccc(OC)cc1.Cl. The number of benzene rings is 1. The van der Waals surface area contributed by atoms with Crippen LogP contribution in [0.1, 0.15) is 44.2 Å². The van der Waals surface area contributed by atoms with E-state index in [4.69, 9.17) is 4.74 Å². The smallest absolute Gasteiger partial charge is 0.224 e. The molecule has 2 atom stereocenters. The van der Waals surface area contributed by atoms with Crippen LogP contribution in [-0.4, -0.2) is 26.1 Å². The predicted octanol–water partition coefficient (Wildman–Crippen LogP) is 3.07. The van der Waals surface area contributed by atoms with Gasteiger partial charge in [0, 0.05) is 5.92 Å². The number of carbonyl (C=O) groups is 1. The Balaban J connectivity index is 0.00000192. The van der Waals surface area contributed by atoms with E-state index in [2.05, 4.69) is 17.6 Å². The van der Waals surface area contributed by atoms with Crippen molar-refractivity contribution in [2.45, 2.75) is 38.6 Å². The lowest BCUT2D eigenvalue weighted by atomic mass is 9.91. The van der Waals surface area contributed by atoms with Crippen LogP contribution in [0.15, 0.2) is 24.3 Å². The van der Waals surface area contributed by atoms with Crippen molar-refractivity contribution in [1.82, 2.24) is 10.6 Å². The highest BCUT2D eigenvalue weighted by Gasteiger charge is 2.57. The van der Waals surface area contributed by atoms with Crippen LogP contribution in [0.2, 0.25) is 0 Å². The van der Waals surface area contributed by atoms with Gasteiger partial charge in [0.2, 0.25) is 5.91 Å². The van der Waals surface area contributed by atoms with Gasteiger partial charge in [0.05, 0.1) is 13.2 Å². The van der Waals surface area contributed by atoms with Gasteiger partial charge < -0.3 is 15.4 Å². The fourth-order valence-electron chi connectivity index (χ4n) is 3.73. The highest BCUT2D eigenvalue weighted by Crippen LogP contribution is 2.58. The molecule has 2 unspecified atom stereocenters. The predicted molar refractivity (Wildman–Crippen MR) is 94.1 cm³/mol. The zero-order valence-electron chi connectivity index (χ0n) is 13.9. The molecule has 4 nitrogen and oxygen atoms in total. The summed E-state index contributed by atoms with van der Waals surface area (Å²) in [5.41, 5.74) is 1.45. The van der Waals surface area contributed by atoms with E-state index in [9.17, 15) is 4.79 Å². The van der Waals surface area contributed by atoms with Crippen LogP contribution in [0.5, 0.6) is 5.75 Å². The van der Waals surface area contributed by atoms with Crippen LogP contribution in [-0.2, 0) is 4.79 Å².